The van der Waals surface area contributed by atoms with Gasteiger partial charge in [-0.2, -0.15) is 13.2 Å². The maximum absolute atomic E-state index is 12.6. The molecule has 4 nitrogen and oxygen atoms in total. The number of nitrogens with one attached hydrogen (secondary N) is 1. The lowest BCUT2D eigenvalue weighted by Crippen LogP contribution is -2.25. The van der Waals surface area contributed by atoms with Crippen LogP contribution in [0.25, 0.3) is 0 Å². The molecule has 3 aromatic carbocycles. The van der Waals surface area contributed by atoms with Gasteiger partial charge in [-0.3, -0.25) is 4.79 Å². The van der Waals surface area contributed by atoms with Crippen LogP contribution < -0.4 is 14.8 Å². The highest BCUT2D eigenvalue weighted by Gasteiger charge is 2.30. The molecule has 0 aliphatic heterocycles. The van der Waals surface area contributed by atoms with Crippen LogP contribution in [0.4, 0.5) is 13.2 Å². The fourth-order valence-electron chi connectivity index (χ4n) is 2.86. The summed E-state index contributed by atoms with van der Waals surface area (Å²) in [6, 6.07) is 16.9. The summed E-state index contributed by atoms with van der Waals surface area (Å²) >= 11 is 12.5. The van der Waals surface area contributed by atoms with Gasteiger partial charge in [0, 0.05) is 24.2 Å². The Morgan fingerprint density at radius 1 is 0.909 bits per heavy atom. The number of halogens is 5. The van der Waals surface area contributed by atoms with Gasteiger partial charge < -0.3 is 14.8 Å². The van der Waals surface area contributed by atoms with Crippen LogP contribution in [0.1, 0.15) is 27.9 Å². The van der Waals surface area contributed by atoms with E-state index in [-0.39, 0.29) is 18.7 Å². The van der Waals surface area contributed by atoms with Crippen molar-refractivity contribution < 1.29 is 27.4 Å². The first-order chi connectivity index (χ1) is 15.7. The maximum atomic E-state index is 12.6. The molecule has 0 bridgehead atoms. The van der Waals surface area contributed by atoms with Crippen LogP contribution in [-0.2, 0) is 12.8 Å². The topological polar surface area (TPSA) is 47.6 Å². The van der Waals surface area contributed by atoms with Gasteiger partial charge in [-0.05, 0) is 36.2 Å². The van der Waals surface area contributed by atoms with Gasteiger partial charge in [0.15, 0.2) is 5.75 Å². The molecule has 0 heterocycles. The molecule has 0 aliphatic rings. The van der Waals surface area contributed by atoms with Crippen LogP contribution in [0.3, 0.4) is 0 Å². The van der Waals surface area contributed by atoms with E-state index in [1.54, 1.807) is 12.1 Å². The van der Waals surface area contributed by atoms with Crippen molar-refractivity contribution in [2.75, 3.05) is 13.2 Å². The van der Waals surface area contributed by atoms with Crippen molar-refractivity contribution >= 4 is 29.1 Å². The summed E-state index contributed by atoms with van der Waals surface area (Å²) in [6.45, 7) is 0.844. The highest BCUT2D eigenvalue weighted by molar-refractivity contribution is 6.37. The number of benzene rings is 3. The zero-order valence-corrected chi connectivity index (χ0v) is 18.8. The van der Waals surface area contributed by atoms with E-state index in [2.05, 4.69) is 5.32 Å². The van der Waals surface area contributed by atoms with Crippen LogP contribution in [-0.4, -0.2) is 19.1 Å². The summed E-state index contributed by atoms with van der Waals surface area (Å²) in [5.41, 5.74) is 0.335. The average Bonchev–Trinajstić information content (AvgIpc) is 2.79. The zero-order chi connectivity index (χ0) is 23.8. The minimum absolute atomic E-state index is 0.140. The Hall–Kier alpha value is -2.90. The van der Waals surface area contributed by atoms with Crippen molar-refractivity contribution in [2.24, 2.45) is 0 Å². The molecule has 0 aromatic heterocycles. The van der Waals surface area contributed by atoms with E-state index in [1.165, 1.54) is 0 Å². The highest BCUT2D eigenvalue weighted by Crippen LogP contribution is 2.37. The van der Waals surface area contributed by atoms with Crippen molar-refractivity contribution in [3.8, 4) is 11.5 Å². The van der Waals surface area contributed by atoms with Gasteiger partial charge in [0.05, 0.1) is 22.2 Å². The normalized spacial score (nSPS) is 11.2. The average molecular weight is 498 g/mol. The van der Waals surface area contributed by atoms with E-state index >= 15 is 0 Å². The predicted molar refractivity (Wildman–Crippen MR) is 121 cm³/mol. The molecule has 1 amide bonds. The Kier molecular flexibility index (Phi) is 8.47. The standard InChI is InChI=1S/C24H20Cl2F3NO3/c25-20-13-19(33-15-16-5-2-1-3-6-16)14-21(26)22(20)32-12-4-11-30-23(31)17-7-9-18(10-8-17)24(27,28)29/h1-3,5-10,13-14H,4,11-12,15H2,(H,30,31). The molecule has 33 heavy (non-hydrogen) atoms. The maximum Gasteiger partial charge on any atom is 0.416 e. The van der Waals surface area contributed by atoms with E-state index in [0.29, 0.717) is 34.6 Å². The monoisotopic (exact) mass is 497 g/mol. The number of rotatable bonds is 9. The van der Waals surface area contributed by atoms with Gasteiger partial charge in [0.1, 0.15) is 12.4 Å². The van der Waals surface area contributed by atoms with Crippen molar-refractivity contribution in [3.05, 3.63) is 93.5 Å². The lowest BCUT2D eigenvalue weighted by Gasteiger charge is -2.13. The second kappa shape index (κ2) is 11.3. The first-order valence-electron chi connectivity index (χ1n) is 9.98. The lowest BCUT2D eigenvalue weighted by molar-refractivity contribution is -0.137. The molecule has 0 spiro atoms. The van der Waals surface area contributed by atoms with Crippen LogP contribution in [0.5, 0.6) is 11.5 Å². The molecule has 3 rings (SSSR count). The second-order valence-corrected chi connectivity index (χ2v) is 7.84. The quantitative estimate of drug-likeness (QED) is 0.331. The predicted octanol–water partition coefficient (Wildman–Crippen LogP) is 6.79. The highest BCUT2D eigenvalue weighted by atomic mass is 35.5. The number of amides is 1. The molecule has 0 radical (unpaired) electrons. The summed E-state index contributed by atoms with van der Waals surface area (Å²) < 4.78 is 49.1. The molecule has 0 saturated carbocycles. The summed E-state index contributed by atoms with van der Waals surface area (Å²) in [7, 11) is 0. The SMILES string of the molecule is O=C(NCCCOc1c(Cl)cc(OCc2ccccc2)cc1Cl)c1ccc(C(F)(F)F)cc1. The van der Waals surface area contributed by atoms with Gasteiger partial charge in [0.2, 0.25) is 0 Å². The van der Waals surface area contributed by atoms with Gasteiger partial charge in [-0.1, -0.05) is 53.5 Å². The first kappa shape index (κ1) is 24.7. The summed E-state index contributed by atoms with van der Waals surface area (Å²) in [4.78, 5) is 12.1. The first-order valence-corrected chi connectivity index (χ1v) is 10.7. The smallest absolute Gasteiger partial charge is 0.416 e. The molecule has 0 atom stereocenters. The van der Waals surface area contributed by atoms with Crippen molar-refractivity contribution in [3.63, 3.8) is 0 Å². The number of carbonyl (C=O) groups is 1. The Morgan fingerprint density at radius 3 is 2.15 bits per heavy atom. The van der Waals surface area contributed by atoms with Crippen molar-refractivity contribution in [2.45, 2.75) is 19.2 Å². The lowest BCUT2D eigenvalue weighted by atomic mass is 10.1. The second-order valence-electron chi connectivity index (χ2n) is 7.02. The largest absolute Gasteiger partial charge is 0.490 e. The minimum Gasteiger partial charge on any atom is -0.490 e. The van der Waals surface area contributed by atoms with Crippen LogP contribution in [0, 0.1) is 0 Å². The Labute approximate surface area is 199 Å². The minimum atomic E-state index is -4.44. The van der Waals surface area contributed by atoms with Crippen LogP contribution in [0.2, 0.25) is 10.0 Å². The van der Waals surface area contributed by atoms with E-state index in [1.807, 2.05) is 30.3 Å². The van der Waals surface area contributed by atoms with Gasteiger partial charge in [0.25, 0.3) is 5.91 Å². The third-order valence-corrected chi connectivity index (χ3v) is 5.11. The van der Waals surface area contributed by atoms with Crippen molar-refractivity contribution in [1.29, 1.82) is 0 Å². The fraction of sp³-hybridized carbons (Fsp3) is 0.208. The number of hydrogen-bond donors (Lipinski definition) is 1. The molecule has 9 heteroatoms. The molecule has 0 aliphatic carbocycles. The fourth-order valence-corrected chi connectivity index (χ4v) is 3.44. The van der Waals surface area contributed by atoms with Crippen LogP contribution in [0.15, 0.2) is 66.7 Å². The Morgan fingerprint density at radius 2 is 1.55 bits per heavy atom. The molecule has 3 aromatic rings. The number of carbonyl (C=O) groups excluding carboxylic acids is 1. The number of alkyl halides is 3. The molecule has 1 N–H and O–H groups in total. The summed E-state index contributed by atoms with van der Waals surface area (Å²) in [5, 5.41) is 3.21. The number of ether oxygens (including phenoxy) is 2. The molecule has 0 unspecified atom stereocenters. The van der Waals surface area contributed by atoms with Gasteiger partial charge in [-0.15, -0.1) is 0 Å². The number of hydrogen-bond acceptors (Lipinski definition) is 3. The van der Waals surface area contributed by atoms with Crippen molar-refractivity contribution in [1.82, 2.24) is 5.32 Å². The molecule has 0 saturated heterocycles. The van der Waals surface area contributed by atoms with Gasteiger partial charge in [-0.25, -0.2) is 0 Å². The third-order valence-electron chi connectivity index (χ3n) is 4.55. The Balaban J connectivity index is 1.44. The van der Waals surface area contributed by atoms with Gasteiger partial charge >= 0.3 is 6.18 Å². The summed E-state index contributed by atoms with van der Waals surface area (Å²) in [6.07, 6.45) is -4.01. The third kappa shape index (κ3) is 7.30. The molecule has 0 fully saturated rings. The molecular formula is C24H20Cl2F3NO3. The van der Waals surface area contributed by atoms with E-state index in [9.17, 15) is 18.0 Å². The van der Waals surface area contributed by atoms with E-state index < -0.39 is 17.6 Å². The molecular weight excluding hydrogens is 478 g/mol. The van der Waals surface area contributed by atoms with E-state index in [0.717, 1.165) is 29.8 Å². The Bertz CT molecular complexity index is 1050. The zero-order valence-electron chi connectivity index (χ0n) is 17.3. The van der Waals surface area contributed by atoms with E-state index in [4.69, 9.17) is 32.7 Å². The summed E-state index contributed by atoms with van der Waals surface area (Å²) in [5.74, 6) is 0.337. The molecule has 174 valence electrons. The van der Waals surface area contributed by atoms with Crippen LogP contribution >= 0.6 is 23.2 Å².